The van der Waals surface area contributed by atoms with Crippen molar-refractivity contribution in [1.29, 1.82) is 0 Å². The van der Waals surface area contributed by atoms with Crippen LogP contribution in [0.4, 0.5) is 0 Å². The molecule has 0 fully saturated rings. The van der Waals surface area contributed by atoms with E-state index in [0.717, 1.165) is 12.8 Å². The van der Waals surface area contributed by atoms with Crippen molar-refractivity contribution in [1.82, 2.24) is 0 Å². The summed E-state index contributed by atoms with van der Waals surface area (Å²) >= 11 is 5.63. The number of carbonyl (C=O) groups excluding carboxylic acids is 1. The minimum Gasteiger partial charge on any atom is -0.466 e. The van der Waals surface area contributed by atoms with Crippen LogP contribution < -0.4 is 0 Å². The van der Waals surface area contributed by atoms with Crippen LogP contribution in [0.5, 0.6) is 0 Å². The van der Waals surface area contributed by atoms with Crippen molar-refractivity contribution in [3.63, 3.8) is 0 Å². The third kappa shape index (κ3) is 3.68. The van der Waals surface area contributed by atoms with Gasteiger partial charge in [0.15, 0.2) is 0 Å². The van der Waals surface area contributed by atoms with Crippen molar-refractivity contribution in [2.24, 2.45) is 5.92 Å². The van der Waals surface area contributed by atoms with Gasteiger partial charge in [-0.1, -0.05) is 23.8 Å². The van der Waals surface area contributed by atoms with E-state index in [2.05, 4.69) is 16.9 Å². The highest BCUT2D eigenvalue weighted by molar-refractivity contribution is 6.28. The van der Waals surface area contributed by atoms with Gasteiger partial charge in [-0.2, -0.15) is 0 Å². The van der Waals surface area contributed by atoms with Gasteiger partial charge in [0.25, 0.3) is 0 Å². The molecule has 1 aliphatic rings. The molecule has 80 valence electrons. The normalized spacial score (nSPS) is 23.1. The maximum atomic E-state index is 10.9. The first kappa shape index (κ1) is 11.5. The Morgan fingerprint density at radius 1 is 1.71 bits per heavy atom. The molecule has 0 saturated heterocycles. The number of rotatable bonds is 4. The first-order chi connectivity index (χ1) is 6.74. The number of alkyl halides is 1. The first-order valence-electron chi connectivity index (χ1n) is 4.74. The minimum atomic E-state index is -0.977. The predicted octanol–water partition coefficient (Wildman–Crippen LogP) is 2.10. The topological polar surface area (TPSA) is 35.5 Å². The van der Waals surface area contributed by atoms with Gasteiger partial charge in [-0.15, -0.1) is 0 Å². The lowest BCUT2D eigenvalue weighted by atomic mass is 9.97. The van der Waals surface area contributed by atoms with E-state index in [1.807, 2.05) is 0 Å². The fraction of sp³-hybridized carbons (Fsp3) is 0.700. The predicted molar refractivity (Wildman–Crippen MR) is 54.1 cm³/mol. The smallest absolute Gasteiger partial charge is 0.350 e. The Bertz CT molecular complexity index is 215. The number of hydrogen-bond donors (Lipinski definition) is 0. The fourth-order valence-electron chi connectivity index (χ4n) is 1.39. The van der Waals surface area contributed by atoms with Crippen molar-refractivity contribution in [3.8, 4) is 0 Å². The van der Waals surface area contributed by atoms with Gasteiger partial charge >= 0.3 is 5.97 Å². The summed E-state index contributed by atoms with van der Waals surface area (Å²) in [5.41, 5.74) is -0.977. The van der Waals surface area contributed by atoms with Gasteiger partial charge in [0.2, 0.25) is 5.56 Å². The minimum absolute atomic E-state index is 0.384. The summed E-state index contributed by atoms with van der Waals surface area (Å²) in [7, 11) is 1.29. The zero-order valence-corrected chi connectivity index (χ0v) is 9.00. The summed E-state index contributed by atoms with van der Waals surface area (Å²) in [5, 5.41) is 0. The summed E-state index contributed by atoms with van der Waals surface area (Å²) in [6.45, 7) is 0.486. The molecule has 0 aromatic carbocycles. The Balaban J connectivity index is 2.22. The Labute approximate surface area is 89.0 Å². The number of methoxy groups -OCH3 is 1. The molecule has 0 amide bonds. The summed E-state index contributed by atoms with van der Waals surface area (Å²) in [5.74, 6) is -0.152. The summed E-state index contributed by atoms with van der Waals surface area (Å²) in [4.78, 5) is 10.9. The fourth-order valence-corrected chi connectivity index (χ4v) is 1.55. The van der Waals surface area contributed by atoms with E-state index >= 15 is 0 Å². The maximum Gasteiger partial charge on any atom is 0.350 e. The number of allylic oxidation sites excluding steroid dienone is 1. The standard InChI is InChI=1S/C10H15ClO3/c1-13-10(12)9(11)14-7-8-5-3-2-4-6-8/h3,5,8-9H,2,4,6-7H2,1H3. The molecule has 0 aliphatic heterocycles. The van der Waals surface area contributed by atoms with Crippen molar-refractivity contribution in [2.45, 2.75) is 24.8 Å². The highest BCUT2D eigenvalue weighted by atomic mass is 35.5. The monoisotopic (exact) mass is 218 g/mol. The van der Waals surface area contributed by atoms with Gasteiger partial charge in [0.1, 0.15) is 0 Å². The van der Waals surface area contributed by atoms with E-state index in [9.17, 15) is 4.79 Å². The summed E-state index contributed by atoms with van der Waals surface area (Å²) < 4.78 is 9.61. The number of halogens is 1. The molecule has 0 bridgehead atoms. The van der Waals surface area contributed by atoms with Crippen LogP contribution in [0.3, 0.4) is 0 Å². The number of hydrogen-bond acceptors (Lipinski definition) is 3. The third-order valence-corrected chi connectivity index (χ3v) is 2.50. The molecule has 0 saturated carbocycles. The zero-order valence-electron chi connectivity index (χ0n) is 8.24. The Kier molecular flexibility index (Phi) is 4.98. The molecule has 2 unspecified atom stereocenters. The highest BCUT2D eigenvalue weighted by Gasteiger charge is 2.18. The number of ether oxygens (including phenoxy) is 2. The Morgan fingerprint density at radius 3 is 3.07 bits per heavy atom. The van der Waals surface area contributed by atoms with Gasteiger partial charge in [-0.05, 0) is 19.3 Å². The Hall–Kier alpha value is -0.540. The van der Waals surface area contributed by atoms with Crippen LogP contribution in [0.1, 0.15) is 19.3 Å². The van der Waals surface area contributed by atoms with Crippen molar-refractivity contribution >= 4 is 17.6 Å². The van der Waals surface area contributed by atoms with Crippen molar-refractivity contribution in [2.75, 3.05) is 13.7 Å². The third-order valence-electron chi connectivity index (χ3n) is 2.20. The molecule has 1 rings (SSSR count). The average Bonchev–Trinajstić information content (AvgIpc) is 2.26. The molecule has 0 aromatic heterocycles. The maximum absolute atomic E-state index is 10.9. The van der Waals surface area contributed by atoms with Gasteiger partial charge in [-0.3, -0.25) is 0 Å². The molecule has 0 spiro atoms. The van der Waals surface area contributed by atoms with Crippen LogP contribution in [0.25, 0.3) is 0 Å². The van der Waals surface area contributed by atoms with E-state index in [-0.39, 0.29) is 0 Å². The molecule has 2 atom stereocenters. The molecule has 0 N–H and O–H groups in total. The van der Waals surface area contributed by atoms with Gasteiger partial charge in [0.05, 0.1) is 13.7 Å². The van der Waals surface area contributed by atoms with E-state index in [1.54, 1.807) is 0 Å². The van der Waals surface area contributed by atoms with Crippen molar-refractivity contribution in [3.05, 3.63) is 12.2 Å². The van der Waals surface area contributed by atoms with Crippen LogP contribution in [0, 0.1) is 5.92 Å². The number of esters is 1. The van der Waals surface area contributed by atoms with Crippen LogP contribution >= 0.6 is 11.6 Å². The molecular formula is C10H15ClO3. The zero-order chi connectivity index (χ0) is 10.4. The van der Waals surface area contributed by atoms with Crippen molar-refractivity contribution < 1.29 is 14.3 Å². The molecular weight excluding hydrogens is 204 g/mol. The molecule has 4 heteroatoms. The van der Waals surface area contributed by atoms with Crippen LogP contribution in [0.15, 0.2) is 12.2 Å². The van der Waals surface area contributed by atoms with Gasteiger partial charge in [0, 0.05) is 5.92 Å². The lowest BCUT2D eigenvalue weighted by molar-refractivity contribution is -0.149. The molecule has 14 heavy (non-hydrogen) atoms. The second-order valence-corrected chi connectivity index (χ2v) is 3.69. The number of carbonyl (C=O) groups is 1. The van der Waals surface area contributed by atoms with Crippen LogP contribution in [0.2, 0.25) is 0 Å². The summed E-state index contributed by atoms with van der Waals surface area (Å²) in [6, 6.07) is 0. The van der Waals surface area contributed by atoms with Gasteiger partial charge < -0.3 is 9.47 Å². The van der Waals surface area contributed by atoms with E-state index in [4.69, 9.17) is 16.3 Å². The SMILES string of the molecule is COC(=O)C(Cl)OCC1C=CCCC1. The average molecular weight is 219 g/mol. The van der Waals surface area contributed by atoms with Gasteiger partial charge in [-0.25, -0.2) is 4.79 Å². The molecule has 0 aromatic rings. The van der Waals surface area contributed by atoms with Crippen LogP contribution in [-0.2, 0) is 14.3 Å². The molecule has 0 radical (unpaired) electrons. The van der Waals surface area contributed by atoms with E-state index < -0.39 is 11.5 Å². The van der Waals surface area contributed by atoms with E-state index in [0.29, 0.717) is 12.5 Å². The first-order valence-corrected chi connectivity index (χ1v) is 5.18. The summed E-state index contributed by atoms with van der Waals surface area (Å²) in [6.07, 6.45) is 7.66. The lowest BCUT2D eigenvalue weighted by Crippen LogP contribution is -2.22. The highest BCUT2D eigenvalue weighted by Crippen LogP contribution is 2.18. The van der Waals surface area contributed by atoms with E-state index in [1.165, 1.54) is 13.5 Å². The lowest BCUT2D eigenvalue weighted by Gasteiger charge is -2.17. The Morgan fingerprint density at radius 2 is 2.50 bits per heavy atom. The largest absolute Gasteiger partial charge is 0.466 e. The molecule has 0 heterocycles. The quantitative estimate of drug-likeness (QED) is 0.412. The second-order valence-electron chi connectivity index (χ2n) is 3.29. The molecule has 3 nitrogen and oxygen atoms in total. The molecule has 1 aliphatic carbocycles. The second kappa shape index (κ2) is 6.04. The van der Waals surface area contributed by atoms with Crippen LogP contribution in [-0.4, -0.2) is 25.2 Å².